The molecule has 1 aromatic carbocycles. The molecule has 1 saturated carbocycles. The predicted octanol–water partition coefficient (Wildman–Crippen LogP) is 3.41. The molecule has 1 N–H and O–H groups in total. The zero-order valence-electron chi connectivity index (χ0n) is 12.1. The van der Waals surface area contributed by atoms with Gasteiger partial charge in [0, 0.05) is 42.4 Å². The molecule has 1 aliphatic carbocycles. The molecule has 4 heteroatoms. The van der Waals surface area contributed by atoms with Crippen molar-refractivity contribution >= 4 is 17.4 Å². The van der Waals surface area contributed by atoms with Crippen molar-refractivity contribution in [3.8, 4) is 0 Å². The molecule has 0 amide bonds. The Labute approximate surface area is 125 Å². The van der Waals surface area contributed by atoms with Crippen molar-refractivity contribution < 1.29 is 4.39 Å². The van der Waals surface area contributed by atoms with Crippen LogP contribution in [0.4, 0.5) is 10.1 Å². The molecule has 0 aromatic heterocycles. The van der Waals surface area contributed by atoms with E-state index in [1.807, 2.05) is 6.07 Å². The summed E-state index contributed by atoms with van der Waals surface area (Å²) in [5.74, 6) is 1.05. The lowest BCUT2D eigenvalue weighted by molar-refractivity contribution is 0.617. The number of halogens is 1. The number of rotatable bonds is 5. The molecule has 1 atom stereocenters. The number of hydrogen-bond acceptors (Lipinski definition) is 3. The first-order chi connectivity index (χ1) is 9.76. The minimum Gasteiger partial charge on any atom is -0.369 e. The molecule has 1 saturated heterocycles. The van der Waals surface area contributed by atoms with E-state index in [1.54, 1.807) is 12.1 Å². The van der Waals surface area contributed by atoms with E-state index in [1.165, 1.54) is 30.7 Å². The van der Waals surface area contributed by atoms with E-state index in [2.05, 4.69) is 28.9 Å². The zero-order valence-corrected chi connectivity index (χ0v) is 12.9. The average Bonchev–Trinajstić information content (AvgIpc) is 3.29. The van der Waals surface area contributed by atoms with E-state index in [-0.39, 0.29) is 5.82 Å². The highest BCUT2D eigenvalue weighted by Crippen LogP contribution is 2.29. The van der Waals surface area contributed by atoms with Crippen LogP contribution in [0.1, 0.15) is 31.7 Å². The lowest BCUT2D eigenvalue weighted by Gasteiger charge is -2.35. The standard InChI is InChI=1S/C16H23FN2S/c1-2-15-11-19(7-8-20-15)16-6-3-13(17)9-12(16)10-18-14-4-5-14/h3,6,9,14-15,18H,2,4-5,7-8,10-11H2,1H3. The van der Waals surface area contributed by atoms with Crippen LogP contribution in [0.25, 0.3) is 0 Å². The van der Waals surface area contributed by atoms with E-state index in [9.17, 15) is 4.39 Å². The molecule has 1 unspecified atom stereocenters. The molecule has 0 bridgehead atoms. The molecule has 2 fully saturated rings. The predicted molar refractivity (Wildman–Crippen MR) is 85.0 cm³/mol. The fraction of sp³-hybridized carbons (Fsp3) is 0.625. The summed E-state index contributed by atoms with van der Waals surface area (Å²) in [6, 6.07) is 5.92. The third-order valence-corrected chi connectivity index (χ3v) is 5.51. The summed E-state index contributed by atoms with van der Waals surface area (Å²) in [7, 11) is 0. The molecular formula is C16H23FN2S. The van der Waals surface area contributed by atoms with Gasteiger partial charge in [0.1, 0.15) is 5.82 Å². The first-order valence-corrected chi connectivity index (χ1v) is 8.69. The van der Waals surface area contributed by atoms with Gasteiger partial charge in [0.2, 0.25) is 0 Å². The Bertz CT molecular complexity index is 462. The lowest BCUT2D eigenvalue weighted by atomic mass is 10.1. The highest BCUT2D eigenvalue weighted by atomic mass is 32.2. The smallest absolute Gasteiger partial charge is 0.123 e. The summed E-state index contributed by atoms with van der Waals surface area (Å²) in [6.45, 7) is 5.20. The molecule has 2 aliphatic rings. The molecule has 1 aromatic rings. The fourth-order valence-electron chi connectivity index (χ4n) is 2.73. The summed E-state index contributed by atoms with van der Waals surface area (Å²) in [4.78, 5) is 2.44. The Balaban J connectivity index is 1.75. The number of nitrogens with zero attached hydrogens (tertiary/aromatic N) is 1. The Morgan fingerprint density at radius 2 is 2.25 bits per heavy atom. The number of benzene rings is 1. The third-order valence-electron chi connectivity index (χ3n) is 4.13. The van der Waals surface area contributed by atoms with Crippen LogP contribution in [0.5, 0.6) is 0 Å². The van der Waals surface area contributed by atoms with Gasteiger partial charge in [-0.1, -0.05) is 6.92 Å². The second-order valence-corrected chi connectivity index (χ2v) is 7.18. The third kappa shape index (κ3) is 3.47. The van der Waals surface area contributed by atoms with Crippen LogP contribution in [-0.4, -0.2) is 30.1 Å². The van der Waals surface area contributed by atoms with E-state index >= 15 is 0 Å². The first-order valence-electron chi connectivity index (χ1n) is 7.64. The minimum atomic E-state index is -0.125. The maximum atomic E-state index is 13.5. The first kappa shape index (κ1) is 14.2. The summed E-state index contributed by atoms with van der Waals surface area (Å²) in [5, 5.41) is 4.21. The second kappa shape index (κ2) is 6.35. The van der Waals surface area contributed by atoms with Crippen LogP contribution in [0.15, 0.2) is 18.2 Å². The number of hydrogen-bond donors (Lipinski definition) is 1. The van der Waals surface area contributed by atoms with Gasteiger partial charge in [-0.25, -0.2) is 4.39 Å². The summed E-state index contributed by atoms with van der Waals surface area (Å²) < 4.78 is 13.5. The van der Waals surface area contributed by atoms with Crippen LogP contribution < -0.4 is 10.2 Å². The van der Waals surface area contributed by atoms with Gasteiger partial charge in [-0.05, 0) is 43.0 Å². The van der Waals surface area contributed by atoms with E-state index in [4.69, 9.17) is 0 Å². The Morgan fingerprint density at radius 3 is 3.00 bits per heavy atom. The van der Waals surface area contributed by atoms with Crippen molar-refractivity contribution in [2.75, 3.05) is 23.7 Å². The van der Waals surface area contributed by atoms with Crippen molar-refractivity contribution in [2.45, 2.75) is 44.0 Å². The van der Waals surface area contributed by atoms with E-state index in [0.717, 1.165) is 25.2 Å². The van der Waals surface area contributed by atoms with Crippen LogP contribution in [0.3, 0.4) is 0 Å². The van der Waals surface area contributed by atoms with Gasteiger partial charge in [-0.2, -0.15) is 11.8 Å². The minimum absolute atomic E-state index is 0.125. The maximum absolute atomic E-state index is 13.5. The van der Waals surface area contributed by atoms with Gasteiger partial charge in [-0.15, -0.1) is 0 Å². The fourth-order valence-corrected chi connectivity index (χ4v) is 3.91. The Kier molecular flexibility index (Phi) is 4.51. The van der Waals surface area contributed by atoms with Gasteiger partial charge >= 0.3 is 0 Å². The van der Waals surface area contributed by atoms with Gasteiger partial charge in [0.15, 0.2) is 0 Å². The van der Waals surface area contributed by atoms with Crippen molar-refractivity contribution in [1.29, 1.82) is 0 Å². The topological polar surface area (TPSA) is 15.3 Å². The monoisotopic (exact) mass is 294 g/mol. The molecule has 0 radical (unpaired) electrons. The van der Waals surface area contributed by atoms with E-state index < -0.39 is 0 Å². The maximum Gasteiger partial charge on any atom is 0.123 e. The van der Waals surface area contributed by atoms with Gasteiger partial charge in [-0.3, -0.25) is 0 Å². The quantitative estimate of drug-likeness (QED) is 0.896. The number of nitrogens with one attached hydrogen (secondary N) is 1. The van der Waals surface area contributed by atoms with Gasteiger partial charge in [0.05, 0.1) is 0 Å². The van der Waals surface area contributed by atoms with Crippen LogP contribution in [0.2, 0.25) is 0 Å². The highest BCUT2D eigenvalue weighted by molar-refractivity contribution is 8.00. The largest absolute Gasteiger partial charge is 0.369 e. The summed E-state index contributed by atoms with van der Waals surface area (Å²) in [5.41, 5.74) is 2.33. The van der Waals surface area contributed by atoms with Crippen molar-refractivity contribution in [3.63, 3.8) is 0 Å². The summed E-state index contributed by atoms with van der Waals surface area (Å²) in [6.07, 6.45) is 3.74. The molecule has 1 heterocycles. The molecule has 0 spiro atoms. The molecule has 2 nitrogen and oxygen atoms in total. The lowest BCUT2D eigenvalue weighted by Crippen LogP contribution is -2.38. The molecule has 110 valence electrons. The van der Waals surface area contributed by atoms with Crippen molar-refractivity contribution in [1.82, 2.24) is 5.32 Å². The number of anilines is 1. The molecule has 20 heavy (non-hydrogen) atoms. The average molecular weight is 294 g/mol. The Morgan fingerprint density at radius 1 is 1.40 bits per heavy atom. The van der Waals surface area contributed by atoms with Crippen LogP contribution >= 0.6 is 11.8 Å². The SMILES string of the molecule is CCC1CN(c2ccc(F)cc2CNC2CC2)CCS1. The van der Waals surface area contributed by atoms with Crippen LogP contribution in [0, 0.1) is 5.82 Å². The van der Waals surface area contributed by atoms with Crippen molar-refractivity contribution in [3.05, 3.63) is 29.6 Å². The second-order valence-electron chi connectivity index (χ2n) is 5.78. The normalized spacial score (nSPS) is 23.1. The molecule has 3 rings (SSSR count). The van der Waals surface area contributed by atoms with Gasteiger partial charge in [0.25, 0.3) is 0 Å². The van der Waals surface area contributed by atoms with Gasteiger partial charge < -0.3 is 10.2 Å². The zero-order chi connectivity index (χ0) is 13.9. The Hall–Kier alpha value is -0.740. The number of thioether (sulfide) groups is 1. The van der Waals surface area contributed by atoms with E-state index in [0.29, 0.717) is 11.3 Å². The molecular weight excluding hydrogens is 271 g/mol. The summed E-state index contributed by atoms with van der Waals surface area (Å²) >= 11 is 2.07. The molecule has 1 aliphatic heterocycles. The van der Waals surface area contributed by atoms with Crippen LogP contribution in [-0.2, 0) is 6.54 Å². The van der Waals surface area contributed by atoms with Crippen molar-refractivity contribution in [2.24, 2.45) is 0 Å². The highest BCUT2D eigenvalue weighted by Gasteiger charge is 2.23.